The smallest absolute Gasteiger partial charge is 0.192 e. The Morgan fingerprint density at radius 2 is 1.24 bits per heavy atom. The topological polar surface area (TPSA) is 18.5 Å². The fourth-order valence-corrected chi connectivity index (χ4v) is 5.95. The van der Waals surface area contributed by atoms with Crippen molar-refractivity contribution in [2.45, 2.75) is 91.3 Å². The lowest BCUT2D eigenvalue weighted by Crippen LogP contribution is -2.42. The second-order valence-electron chi connectivity index (χ2n) is 6.67. The number of rotatable bonds is 14. The molecular weight excluding hydrogens is 276 g/mol. The summed E-state index contributed by atoms with van der Waals surface area (Å²) < 4.78 is 12.3. The monoisotopic (exact) mass is 316 g/mol. The lowest BCUT2D eigenvalue weighted by Gasteiger charge is -2.38. The molecule has 0 heterocycles. The van der Waals surface area contributed by atoms with E-state index in [1.807, 2.05) is 7.11 Å². The van der Waals surface area contributed by atoms with E-state index >= 15 is 0 Å². The fourth-order valence-electron chi connectivity index (χ4n) is 3.23. The van der Waals surface area contributed by atoms with E-state index in [2.05, 4.69) is 34.6 Å². The van der Waals surface area contributed by atoms with Gasteiger partial charge in [0.25, 0.3) is 0 Å². The molecule has 0 spiro atoms. The van der Waals surface area contributed by atoms with Gasteiger partial charge in [-0.1, -0.05) is 60.3 Å². The molecule has 0 atom stereocenters. The molecule has 0 bridgehead atoms. The van der Waals surface area contributed by atoms with Gasteiger partial charge < -0.3 is 9.16 Å². The molecular formula is C18H40O2Si. The van der Waals surface area contributed by atoms with Crippen LogP contribution in [0, 0.1) is 5.41 Å². The number of hydrogen-bond donors (Lipinski definition) is 0. The summed E-state index contributed by atoms with van der Waals surface area (Å²) in [6.45, 7) is 13.3. The van der Waals surface area contributed by atoms with Crippen molar-refractivity contribution < 1.29 is 9.16 Å². The van der Waals surface area contributed by atoms with Gasteiger partial charge in [-0.05, 0) is 31.0 Å². The van der Waals surface area contributed by atoms with Crippen molar-refractivity contribution in [1.29, 1.82) is 0 Å². The van der Waals surface area contributed by atoms with E-state index in [4.69, 9.17) is 9.16 Å². The molecule has 0 saturated carbocycles. The zero-order valence-corrected chi connectivity index (χ0v) is 16.6. The molecule has 0 aliphatic rings. The van der Waals surface area contributed by atoms with Crippen molar-refractivity contribution >= 4 is 8.32 Å². The minimum atomic E-state index is -1.49. The van der Waals surface area contributed by atoms with Gasteiger partial charge in [0.2, 0.25) is 0 Å². The van der Waals surface area contributed by atoms with Crippen LogP contribution in [0.25, 0.3) is 0 Å². The van der Waals surface area contributed by atoms with Crippen molar-refractivity contribution in [3.63, 3.8) is 0 Å². The number of hydrogen-bond acceptors (Lipinski definition) is 2. The Labute approximate surface area is 135 Å². The number of unbranched alkanes of at least 4 members (excludes halogenated alkanes) is 2. The zero-order chi connectivity index (χ0) is 16.2. The van der Waals surface area contributed by atoms with Gasteiger partial charge in [0.15, 0.2) is 8.32 Å². The average molecular weight is 317 g/mol. The Balaban J connectivity index is 4.90. The molecule has 0 N–H and O–H groups in total. The summed E-state index contributed by atoms with van der Waals surface area (Å²) in [6.07, 6.45) is 7.59. The first-order valence-corrected chi connectivity index (χ1v) is 11.7. The van der Waals surface area contributed by atoms with Crippen LogP contribution in [-0.4, -0.2) is 28.6 Å². The normalized spacial score (nSPS) is 12.9. The van der Waals surface area contributed by atoms with Crippen molar-refractivity contribution in [2.24, 2.45) is 5.41 Å². The highest BCUT2D eigenvalue weighted by Gasteiger charge is 2.35. The molecule has 0 saturated heterocycles. The van der Waals surface area contributed by atoms with Crippen LogP contribution in [0.4, 0.5) is 0 Å². The highest BCUT2D eigenvalue weighted by Crippen LogP contribution is 2.34. The van der Waals surface area contributed by atoms with Gasteiger partial charge in [0.05, 0.1) is 6.61 Å². The van der Waals surface area contributed by atoms with Crippen LogP contribution >= 0.6 is 0 Å². The molecule has 0 fully saturated rings. The van der Waals surface area contributed by atoms with Crippen LogP contribution in [0.15, 0.2) is 0 Å². The molecule has 0 rings (SSSR count). The number of ether oxygens (including phenoxy) is 1. The van der Waals surface area contributed by atoms with E-state index in [1.54, 1.807) is 0 Å². The summed E-state index contributed by atoms with van der Waals surface area (Å²) in [5.74, 6) is 0. The Kier molecular flexibility index (Phi) is 11.7. The standard InChI is InChI=1S/C18H40O2Si/c1-7-12-14-18(16-19-6,15-13-8-2)17-20-21(9-3,10-4)11-5/h7-17H2,1-6H3. The summed E-state index contributed by atoms with van der Waals surface area (Å²) in [4.78, 5) is 0. The molecule has 0 aromatic carbocycles. The van der Waals surface area contributed by atoms with Gasteiger partial charge in [-0.2, -0.15) is 0 Å². The van der Waals surface area contributed by atoms with Crippen LogP contribution in [-0.2, 0) is 9.16 Å². The highest BCUT2D eigenvalue weighted by molar-refractivity contribution is 6.73. The molecule has 128 valence electrons. The molecule has 0 aliphatic heterocycles. The van der Waals surface area contributed by atoms with Crippen LogP contribution < -0.4 is 0 Å². The minimum absolute atomic E-state index is 0.249. The lowest BCUT2D eigenvalue weighted by molar-refractivity contribution is 0.0184. The van der Waals surface area contributed by atoms with E-state index in [-0.39, 0.29) is 5.41 Å². The van der Waals surface area contributed by atoms with Gasteiger partial charge in [-0.15, -0.1) is 0 Å². The summed E-state index contributed by atoms with van der Waals surface area (Å²) in [6, 6.07) is 3.72. The summed E-state index contributed by atoms with van der Waals surface area (Å²) in [7, 11) is 0.354. The number of methoxy groups -OCH3 is 1. The molecule has 0 aromatic heterocycles. The maximum absolute atomic E-state index is 6.65. The average Bonchev–Trinajstić information content (AvgIpc) is 2.53. The van der Waals surface area contributed by atoms with Gasteiger partial charge in [-0.3, -0.25) is 0 Å². The van der Waals surface area contributed by atoms with E-state index in [9.17, 15) is 0 Å². The predicted molar refractivity (Wildman–Crippen MR) is 96.5 cm³/mol. The summed E-state index contributed by atoms with van der Waals surface area (Å²) in [5.41, 5.74) is 0.249. The van der Waals surface area contributed by atoms with E-state index in [0.717, 1.165) is 13.2 Å². The van der Waals surface area contributed by atoms with Crippen molar-refractivity contribution in [2.75, 3.05) is 20.3 Å². The molecule has 3 heteroatoms. The molecule has 2 nitrogen and oxygen atoms in total. The molecule has 0 unspecified atom stereocenters. The maximum atomic E-state index is 6.65. The second kappa shape index (κ2) is 11.7. The van der Waals surface area contributed by atoms with Crippen molar-refractivity contribution in [3.8, 4) is 0 Å². The first kappa shape index (κ1) is 21.1. The Hall–Kier alpha value is 0.137. The third-order valence-electron chi connectivity index (χ3n) is 5.19. The molecule has 0 amide bonds. The van der Waals surface area contributed by atoms with Gasteiger partial charge >= 0.3 is 0 Å². The summed E-state index contributed by atoms with van der Waals surface area (Å²) >= 11 is 0. The van der Waals surface area contributed by atoms with E-state index in [1.165, 1.54) is 56.7 Å². The van der Waals surface area contributed by atoms with Crippen LogP contribution in [0.3, 0.4) is 0 Å². The SMILES string of the molecule is CCCCC(CCCC)(COC)CO[Si](CC)(CC)CC. The van der Waals surface area contributed by atoms with Crippen LogP contribution in [0.1, 0.15) is 73.1 Å². The molecule has 0 radical (unpaired) electrons. The largest absolute Gasteiger partial charge is 0.416 e. The van der Waals surface area contributed by atoms with Crippen LogP contribution in [0.2, 0.25) is 18.1 Å². The first-order chi connectivity index (χ1) is 10.1. The third kappa shape index (κ3) is 7.29. The highest BCUT2D eigenvalue weighted by atomic mass is 28.4. The van der Waals surface area contributed by atoms with Gasteiger partial charge in [-0.25, -0.2) is 0 Å². The van der Waals surface area contributed by atoms with Crippen molar-refractivity contribution in [3.05, 3.63) is 0 Å². The fraction of sp³-hybridized carbons (Fsp3) is 1.00. The minimum Gasteiger partial charge on any atom is -0.416 e. The Morgan fingerprint density at radius 3 is 1.57 bits per heavy atom. The van der Waals surface area contributed by atoms with E-state index < -0.39 is 8.32 Å². The molecule has 0 aromatic rings. The predicted octanol–water partition coefficient (Wildman–Crippen LogP) is 6.02. The van der Waals surface area contributed by atoms with Gasteiger partial charge in [0.1, 0.15) is 0 Å². The Morgan fingerprint density at radius 1 is 0.762 bits per heavy atom. The third-order valence-corrected chi connectivity index (χ3v) is 9.81. The van der Waals surface area contributed by atoms with Gasteiger partial charge in [0, 0.05) is 19.1 Å². The van der Waals surface area contributed by atoms with Crippen molar-refractivity contribution in [1.82, 2.24) is 0 Å². The first-order valence-electron chi connectivity index (χ1n) is 9.20. The van der Waals surface area contributed by atoms with Crippen LogP contribution in [0.5, 0.6) is 0 Å². The quantitative estimate of drug-likeness (QED) is 0.365. The molecule has 21 heavy (non-hydrogen) atoms. The molecule has 0 aliphatic carbocycles. The lowest BCUT2D eigenvalue weighted by atomic mass is 9.80. The second-order valence-corrected chi connectivity index (χ2v) is 11.4. The Bertz CT molecular complexity index is 223. The van der Waals surface area contributed by atoms with E-state index in [0.29, 0.717) is 0 Å². The maximum Gasteiger partial charge on any atom is 0.192 e. The zero-order valence-electron chi connectivity index (χ0n) is 15.6. The summed E-state index contributed by atoms with van der Waals surface area (Å²) in [5, 5.41) is 0.